The third-order valence-corrected chi connectivity index (χ3v) is 6.80. The summed E-state index contributed by atoms with van der Waals surface area (Å²) >= 11 is 3.53. The smallest absolute Gasteiger partial charge is 0.227 e. The average molecular weight is 474 g/mol. The molecule has 1 aliphatic heterocycles. The fourth-order valence-corrected chi connectivity index (χ4v) is 5.28. The van der Waals surface area contributed by atoms with Gasteiger partial charge in [-0.05, 0) is 49.6 Å². The van der Waals surface area contributed by atoms with Gasteiger partial charge in [0.1, 0.15) is 5.82 Å². The van der Waals surface area contributed by atoms with Gasteiger partial charge in [-0.15, -0.1) is 0 Å². The summed E-state index contributed by atoms with van der Waals surface area (Å²) in [7, 11) is 0. The Bertz CT molecular complexity index is 1120. The minimum absolute atomic E-state index is 0.0885. The summed E-state index contributed by atoms with van der Waals surface area (Å²) in [6.07, 6.45) is 6.73. The third kappa shape index (κ3) is 3.33. The van der Waals surface area contributed by atoms with Crippen LogP contribution < -0.4 is 4.90 Å². The van der Waals surface area contributed by atoms with Crippen LogP contribution in [0.15, 0.2) is 40.9 Å². The van der Waals surface area contributed by atoms with Crippen LogP contribution in [0.2, 0.25) is 0 Å². The lowest BCUT2D eigenvalue weighted by atomic mass is 9.94. The van der Waals surface area contributed by atoms with Crippen molar-refractivity contribution in [3.63, 3.8) is 0 Å². The van der Waals surface area contributed by atoms with Crippen molar-refractivity contribution in [2.75, 3.05) is 4.90 Å². The Morgan fingerprint density at radius 1 is 0.967 bits per heavy atom. The zero-order valence-electron chi connectivity index (χ0n) is 16.5. The summed E-state index contributed by atoms with van der Waals surface area (Å²) in [5, 5.41) is 0. The molecule has 2 aromatic carbocycles. The van der Waals surface area contributed by atoms with Crippen LogP contribution in [0, 0.1) is 11.6 Å². The molecule has 0 unspecified atom stereocenters. The van der Waals surface area contributed by atoms with Gasteiger partial charge in [-0.25, -0.2) is 13.8 Å². The molecular weight excluding hydrogens is 452 g/mol. The highest BCUT2D eigenvalue weighted by Crippen LogP contribution is 2.41. The van der Waals surface area contributed by atoms with Gasteiger partial charge in [-0.2, -0.15) is 0 Å². The molecule has 2 heterocycles. The number of imidazole rings is 1. The van der Waals surface area contributed by atoms with E-state index in [9.17, 15) is 13.6 Å². The number of carbonyl (C=O) groups is 1. The van der Waals surface area contributed by atoms with Crippen LogP contribution in [0.3, 0.4) is 0 Å². The highest BCUT2D eigenvalue weighted by Gasteiger charge is 2.38. The van der Waals surface area contributed by atoms with Crippen LogP contribution in [0.5, 0.6) is 0 Å². The molecule has 4 nitrogen and oxygen atoms in total. The van der Waals surface area contributed by atoms with E-state index in [1.807, 2.05) is 12.1 Å². The van der Waals surface area contributed by atoms with E-state index in [0.29, 0.717) is 24.6 Å². The highest BCUT2D eigenvalue weighted by molar-refractivity contribution is 9.10. The number of benzene rings is 2. The summed E-state index contributed by atoms with van der Waals surface area (Å²) < 4.78 is 30.7. The molecule has 3 aromatic rings. The van der Waals surface area contributed by atoms with Crippen molar-refractivity contribution in [1.82, 2.24) is 9.55 Å². The Morgan fingerprint density at radius 3 is 2.53 bits per heavy atom. The topological polar surface area (TPSA) is 38.1 Å². The van der Waals surface area contributed by atoms with Crippen LogP contribution in [-0.4, -0.2) is 15.5 Å². The van der Waals surface area contributed by atoms with Crippen LogP contribution in [0.1, 0.15) is 62.9 Å². The van der Waals surface area contributed by atoms with Crippen molar-refractivity contribution < 1.29 is 13.6 Å². The Hall–Kier alpha value is -2.28. The van der Waals surface area contributed by atoms with Crippen molar-refractivity contribution in [3.8, 4) is 0 Å². The Balaban J connectivity index is 1.65. The SMILES string of the molecule is O=C1CC[C@@H](c2nc3cc(Br)ccc3n2C2CCCCC2)N1c1ccc(F)c(F)c1. The second-order valence-corrected chi connectivity index (χ2v) is 9.10. The van der Waals surface area contributed by atoms with E-state index in [2.05, 4.69) is 26.6 Å². The molecule has 7 heteroatoms. The summed E-state index contributed by atoms with van der Waals surface area (Å²) in [6, 6.07) is 9.78. The Labute approximate surface area is 182 Å². The number of nitrogens with zero attached hydrogens (tertiary/aromatic N) is 3. The van der Waals surface area contributed by atoms with Crippen molar-refractivity contribution in [3.05, 3.63) is 58.3 Å². The maximum Gasteiger partial charge on any atom is 0.227 e. The lowest BCUT2D eigenvalue weighted by molar-refractivity contribution is -0.117. The zero-order valence-corrected chi connectivity index (χ0v) is 18.0. The third-order valence-electron chi connectivity index (χ3n) is 6.31. The van der Waals surface area contributed by atoms with E-state index in [-0.39, 0.29) is 11.9 Å². The minimum Gasteiger partial charge on any atom is -0.323 e. The van der Waals surface area contributed by atoms with Gasteiger partial charge in [0.25, 0.3) is 0 Å². The van der Waals surface area contributed by atoms with Crippen molar-refractivity contribution in [1.29, 1.82) is 0 Å². The quantitative estimate of drug-likeness (QED) is 0.438. The van der Waals surface area contributed by atoms with E-state index >= 15 is 0 Å². The predicted octanol–water partition coefficient (Wildman–Crippen LogP) is 6.45. The molecular formula is C23H22BrF2N3O. The van der Waals surface area contributed by atoms with Crippen LogP contribution in [-0.2, 0) is 4.79 Å². The molecule has 156 valence electrons. The number of anilines is 1. The lowest BCUT2D eigenvalue weighted by Crippen LogP contribution is -2.30. The molecule has 2 aliphatic rings. The number of halogens is 3. The predicted molar refractivity (Wildman–Crippen MR) is 115 cm³/mol. The average Bonchev–Trinajstić information content (AvgIpc) is 3.30. The first-order valence-electron chi connectivity index (χ1n) is 10.5. The Kier molecular flexibility index (Phi) is 5.09. The van der Waals surface area contributed by atoms with Gasteiger partial charge < -0.3 is 9.47 Å². The molecule has 0 spiro atoms. The molecule has 5 rings (SSSR count). The summed E-state index contributed by atoms with van der Waals surface area (Å²) in [5.41, 5.74) is 2.32. The number of fused-ring (bicyclic) bond motifs is 1. The van der Waals surface area contributed by atoms with Gasteiger partial charge in [0.15, 0.2) is 11.6 Å². The maximum absolute atomic E-state index is 13.9. The lowest BCUT2D eigenvalue weighted by Gasteiger charge is -2.30. The van der Waals surface area contributed by atoms with Crippen molar-refractivity contribution >= 4 is 38.6 Å². The van der Waals surface area contributed by atoms with E-state index < -0.39 is 11.6 Å². The van der Waals surface area contributed by atoms with Gasteiger partial charge in [-0.1, -0.05) is 35.2 Å². The largest absolute Gasteiger partial charge is 0.323 e. The number of hydrogen-bond donors (Lipinski definition) is 0. The summed E-state index contributed by atoms with van der Waals surface area (Å²) in [4.78, 5) is 19.3. The molecule has 0 bridgehead atoms. The first-order valence-corrected chi connectivity index (χ1v) is 11.3. The van der Waals surface area contributed by atoms with Gasteiger partial charge in [0.05, 0.1) is 17.1 Å². The highest BCUT2D eigenvalue weighted by atomic mass is 79.9. The number of rotatable bonds is 3. The molecule has 1 aliphatic carbocycles. The fourth-order valence-electron chi connectivity index (χ4n) is 4.94. The number of aromatic nitrogens is 2. The standard InChI is InChI=1S/C23H22BrF2N3O/c24-14-6-9-20-19(12-14)27-23(29(20)15-4-2-1-3-5-15)21-10-11-22(30)28(21)16-7-8-17(25)18(26)13-16/h6-9,12-13,15,21H,1-5,10-11H2/t21-/m0/s1. The van der Waals surface area contributed by atoms with Crippen LogP contribution >= 0.6 is 15.9 Å². The minimum atomic E-state index is -0.948. The molecule has 1 saturated carbocycles. The molecule has 1 saturated heterocycles. The summed E-state index contributed by atoms with van der Waals surface area (Å²) in [6.45, 7) is 0. The second-order valence-electron chi connectivity index (χ2n) is 8.18. The number of hydrogen-bond acceptors (Lipinski definition) is 2. The van der Waals surface area contributed by atoms with Crippen molar-refractivity contribution in [2.45, 2.75) is 57.0 Å². The molecule has 1 amide bonds. The molecule has 2 fully saturated rings. The van der Waals surface area contributed by atoms with E-state index in [1.165, 1.54) is 25.3 Å². The van der Waals surface area contributed by atoms with Gasteiger partial charge in [-0.3, -0.25) is 4.79 Å². The van der Waals surface area contributed by atoms with E-state index in [4.69, 9.17) is 4.98 Å². The molecule has 30 heavy (non-hydrogen) atoms. The maximum atomic E-state index is 13.9. The monoisotopic (exact) mass is 473 g/mol. The number of amides is 1. The molecule has 1 atom stereocenters. The first kappa shape index (κ1) is 19.7. The van der Waals surface area contributed by atoms with E-state index in [1.54, 1.807) is 4.90 Å². The number of carbonyl (C=O) groups excluding carboxylic acids is 1. The van der Waals surface area contributed by atoms with E-state index in [0.717, 1.165) is 46.3 Å². The fraction of sp³-hybridized carbons (Fsp3) is 0.391. The zero-order chi connectivity index (χ0) is 20.8. The normalized spacial score (nSPS) is 20.4. The molecule has 1 aromatic heterocycles. The van der Waals surface area contributed by atoms with Gasteiger partial charge in [0.2, 0.25) is 5.91 Å². The summed E-state index contributed by atoms with van der Waals surface area (Å²) in [5.74, 6) is -1.11. The van der Waals surface area contributed by atoms with Crippen LogP contribution in [0.4, 0.5) is 14.5 Å². The molecule has 0 N–H and O–H groups in total. The van der Waals surface area contributed by atoms with Gasteiger partial charge in [0, 0.05) is 28.7 Å². The van der Waals surface area contributed by atoms with Crippen LogP contribution in [0.25, 0.3) is 11.0 Å². The second kappa shape index (κ2) is 7.76. The first-order chi connectivity index (χ1) is 14.5. The molecule has 0 radical (unpaired) electrons. The van der Waals surface area contributed by atoms with Crippen molar-refractivity contribution in [2.24, 2.45) is 0 Å². The Morgan fingerprint density at radius 2 is 1.77 bits per heavy atom. The van der Waals surface area contributed by atoms with Gasteiger partial charge >= 0.3 is 0 Å².